The molecule has 0 atom stereocenters. The normalized spacial score (nSPS) is 18.5. The van der Waals surface area contributed by atoms with Crippen LogP contribution in [0.5, 0.6) is 0 Å². The fraction of sp³-hybridized carbons (Fsp3) is 0.619. The number of carbonyl (C=O) groups excluding carboxylic acids is 2. The minimum atomic E-state index is -4.98. The predicted octanol–water partition coefficient (Wildman–Crippen LogP) is 2.77. The second kappa shape index (κ2) is 9.13. The van der Waals surface area contributed by atoms with Gasteiger partial charge in [-0.25, -0.2) is 13.2 Å². The van der Waals surface area contributed by atoms with E-state index in [2.05, 4.69) is 0 Å². The molecule has 0 N–H and O–H groups in total. The van der Waals surface area contributed by atoms with E-state index in [0.29, 0.717) is 29.0 Å². The SMILES string of the molecule is CC(C)(C)OC(=O)N1CCCN(S(=O)(=O)c2ccc3c(c2)CN(C(=O)C(F)(F)F)CC3)CC1. The molecule has 33 heavy (non-hydrogen) atoms. The molecule has 3 rings (SSSR count). The summed E-state index contributed by atoms with van der Waals surface area (Å²) in [5.41, 5.74) is 0.428. The number of nitrogens with zero attached hydrogens (tertiary/aromatic N) is 3. The van der Waals surface area contributed by atoms with E-state index in [4.69, 9.17) is 4.74 Å². The lowest BCUT2D eigenvalue weighted by atomic mass is 10.00. The maximum Gasteiger partial charge on any atom is 0.471 e. The minimum absolute atomic E-state index is 0.0479. The van der Waals surface area contributed by atoms with E-state index in [1.54, 1.807) is 26.8 Å². The number of hydrogen-bond donors (Lipinski definition) is 0. The van der Waals surface area contributed by atoms with E-state index in [1.165, 1.54) is 21.3 Å². The molecule has 2 aliphatic rings. The number of carbonyl (C=O) groups is 2. The molecule has 0 aromatic heterocycles. The van der Waals surface area contributed by atoms with Gasteiger partial charge in [0.05, 0.1) is 4.90 Å². The molecule has 0 bridgehead atoms. The number of sulfonamides is 1. The molecule has 0 unspecified atom stereocenters. The van der Waals surface area contributed by atoms with Crippen molar-refractivity contribution in [1.29, 1.82) is 0 Å². The van der Waals surface area contributed by atoms with E-state index in [9.17, 15) is 31.2 Å². The summed E-state index contributed by atoms with van der Waals surface area (Å²) in [5, 5.41) is 0. The average Bonchev–Trinajstić information content (AvgIpc) is 2.97. The summed E-state index contributed by atoms with van der Waals surface area (Å²) in [4.78, 5) is 26.0. The second-order valence-corrected chi connectivity index (χ2v) is 11.1. The highest BCUT2D eigenvalue weighted by Gasteiger charge is 2.43. The molecule has 184 valence electrons. The maximum atomic E-state index is 13.2. The predicted molar refractivity (Wildman–Crippen MR) is 113 cm³/mol. The lowest BCUT2D eigenvalue weighted by molar-refractivity contribution is -0.186. The van der Waals surface area contributed by atoms with Crippen molar-refractivity contribution in [2.24, 2.45) is 0 Å². The molecule has 0 saturated carbocycles. The molecule has 0 radical (unpaired) electrons. The Morgan fingerprint density at radius 1 is 0.939 bits per heavy atom. The van der Waals surface area contributed by atoms with Crippen molar-refractivity contribution in [3.8, 4) is 0 Å². The van der Waals surface area contributed by atoms with Crippen LogP contribution in [0.15, 0.2) is 23.1 Å². The van der Waals surface area contributed by atoms with Crippen LogP contribution in [0.3, 0.4) is 0 Å². The summed E-state index contributed by atoms with van der Waals surface area (Å²) < 4.78 is 71.5. The first-order chi connectivity index (χ1) is 15.2. The highest BCUT2D eigenvalue weighted by molar-refractivity contribution is 7.89. The Balaban J connectivity index is 1.75. The molecule has 1 aromatic rings. The number of benzene rings is 1. The number of alkyl halides is 3. The van der Waals surface area contributed by atoms with Gasteiger partial charge in [-0.1, -0.05) is 6.07 Å². The third kappa shape index (κ3) is 5.97. The Labute approximate surface area is 191 Å². The third-order valence-electron chi connectivity index (χ3n) is 5.46. The smallest absolute Gasteiger partial charge is 0.444 e. The number of amides is 2. The molecule has 1 saturated heterocycles. The second-order valence-electron chi connectivity index (χ2n) is 9.13. The van der Waals surface area contributed by atoms with Gasteiger partial charge in [0, 0.05) is 39.3 Å². The summed E-state index contributed by atoms with van der Waals surface area (Å²) in [7, 11) is -3.94. The molecular weight excluding hydrogens is 463 g/mol. The monoisotopic (exact) mass is 491 g/mol. The van der Waals surface area contributed by atoms with Crippen molar-refractivity contribution in [3.05, 3.63) is 29.3 Å². The molecule has 1 aromatic carbocycles. The lowest BCUT2D eigenvalue weighted by Crippen LogP contribution is -2.43. The first-order valence-corrected chi connectivity index (χ1v) is 12.1. The van der Waals surface area contributed by atoms with Crippen LogP contribution in [-0.2, 0) is 32.5 Å². The summed E-state index contributed by atoms with van der Waals surface area (Å²) in [5.74, 6) is -1.93. The van der Waals surface area contributed by atoms with Gasteiger partial charge in [-0.15, -0.1) is 0 Å². The van der Waals surface area contributed by atoms with Crippen molar-refractivity contribution < 1.29 is 35.9 Å². The molecule has 0 spiro atoms. The standard InChI is InChI=1S/C21H28F3N3O5S/c1-20(2,3)32-19(29)25-8-4-9-27(12-11-25)33(30,31)17-6-5-15-7-10-26(14-16(15)13-17)18(28)21(22,23)24/h5-6,13H,4,7-12,14H2,1-3H3. The van der Waals surface area contributed by atoms with Gasteiger partial charge in [-0.05, 0) is 56.9 Å². The summed E-state index contributed by atoms with van der Waals surface area (Å²) in [6.45, 7) is 5.63. The quantitative estimate of drug-likeness (QED) is 0.635. The first kappa shape index (κ1) is 25.3. The van der Waals surface area contributed by atoms with Gasteiger partial charge in [-0.3, -0.25) is 4.79 Å². The highest BCUT2D eigenvalue weighted by atomic mass is 32.2. The molecule has 1 fully saturated rings. The Morgan fingerprint density at radius 2 is 1.64 bits per heavy atom. The molecule has 2 aliphatic heterocycles. The van der Waals surface area contributed by atoms with Crippen LogP contribution >= 0.6 is 0 Å². The molecule has 8 nitrogen and oxygen atoms in total. The molecule has 2 heterocycles. The average molecular weight is 492 g/mol. The Hall–Kier alpha value is -2.34. The molecular formula is C21H28F3N3O5S. The molecule has 0 aliphatic carbocycles. The summed E-state index contributed by atoms with van der Waals surface area (Å²) in [6, 6.07) is 4.37. The number of fused-ring (bicyclic) bond motifs is 1. The largest absolute Gasteiger partial charge is 0.471 e. The van der Waals surface area contributed by atoms with Crippen LogP contribution in [0, 0.1) is 0 Å². The topological polar surface area (TPSA) is 87.2 Å². The van der Waals surface area contributed by atoms with Crippen LogP contribution in [0.1, 0.15) is 38.3 Å². The van der Waals surface area contributed by atoms with Gasteiger partial charge in [-0.2, -0.15) is 17.5 Å². The van der Waals surface area contributed by atoms with Gasteiger partial charge in [0.1, 0.15) is 5.60 Å². The number of halogens is 3. The number of rotatable bonds is 2. The number of hydrogen-bond acceptors (Lipinski definition) is 5. The first-order valence-electron chi connectivity index (χ1n) is 10.6. The van der Waals surface area contributed by atoms with Crippen LogP contribution < -0.4 is 0 Å². The number of ether oxygens (including phenoxy) is 1. The van der Waals surface area contributed by atoms with Gasteiger partial charge < -0.3 is 14.5 Å². The van der Waals surface area contributed by atoms with Crippen molar-refractivity contribution in [3.63, 3.8) is 0 Å². The Kier molecular flexibility index (Phi) is 6.99. The fourth-order valence-electron chi connectivity index (χ4n) is 3.84. The van der Waals surface area contributed by atoms with E-state index < -0.39 is 33.8 Å². The molecule has 12 heteroatoms. The molecule has 2 amide bonds. The summed E-state index contributed by atoms with van der Waals surface area (Å²) >= 11 is 0. The van der Waals surface area contributed by atoms with Gasteiger partial charge in [0.2, 0.25) is 10.0 Å². The third-order valence-corrected chi connectivity index (χ3v) is 7.36. The minimum Gasteiger partial charge on any atom is -0.444 e. The van der Waals surface area contributed by atoms with Crippen molar-refractivity contribution in [1.82, 2.24) is 14.1 Å². The van der Waals surface area contributed by atoms with Crippen LogP contribution in [-0.4, -0.2) is 79.0 Å². The van der Waals surface area contributed by atoms with E-state index in [-0.39, 0.29) is 44.0 Å². The fourth-order valence-corrected chi connectivity index (χ4v) is 5.36. The maximum absolute atomic E-state index is 13.2. The van der Waals surface area contributed by atoms with E-state index in [0.717, 1.165) is 0 Å². The van der Waals surface area contributed by atoms with Gasteiger partial charge in [0.15, 0.2) is 0 Å². The van der Waals surface area contributed by atoms with Gasteiger partial charge in [0.25, 0.3) is 0 Å². The Bertz CT molecular complexity index is 1020. The zero-order valence-corrected chi connectivity index (χ0v) is 19.6. The van der Waals surface area contributed by atoms with Crippen LogP contribution in [0.4, 0.5) is 18.0 Å². The van der Waals surface area contributed by atoms with Crippen molar-refractivity contribution in [2.75, 3.05) is 32.7 Å². The van der Waals surface area contributed by atoms with E-state index in [1.807, 2.05) is 0 Å². The van der Waals surface area contributed by atoms with Crippen molar-refractivity contribution >= 4 is 22.0 Å². The zero-order chi connectivity index (χ0) is 24.6. The van der Waals surface area contributed by atoms with E-state index >= 15 is 0 Å². The summed E-state index contributed by atoms with van der Waals surface area (Å²) in [6.07, 6.45) is -4.86. The van der Waals surface area contributed by atoms with Crippen LogP contribution in [0.2, 0.25) is 0 Å². The lowest BCUT2D eigenvalue weighted by Gasteiger charge is -2.30. The highest BCUT2D eigenvalue weighted by Crippen LogP contribution is 2.28. The van der Waals surface area contributed by atoms with Crippen molar-refractivity contribution in [2.45, 2.75) is 56.8 Å². The van der Waals surface area contributed by atoms with Gasteiger partial charge >= 0.3 is 18.2 Å². The Morgan fingerprint density at radius 3 is 2.27 bits per heavy atom. The zero-order valence-electron chi connectivity index (χ0n) is 18.8. The van der Waals surface area contributed by atoms with Crippen LogP contribution in [0.25, 0.3) is 0 Å².